The van der Waals surface area contributed by atoms with Gasteiger partial charge >= 0.3 is 0 Å². The van der Waals surface area contributed by atoms with Crippen molar-refractivity contribution in [2.75, 3.05) is 37.6 Å². The number of rotatable bonds is 11. The van der Waals surface area contributed by atoms with E-state index in [1.54, 1.807) is 17.0 Å². The van der Waals surface area contributed by atoms with Crippen LogP contribution in [0.5, 0.6) is 0 Å². The second-order valence-electron chi connectivity index (χ2n) is 18.5. The zero-order valence-corrected chi connectivity index (χ0v) is 33.0. The van der Waals surface area contributed by atoms with Crippen molar-refractivity contribution < 1.29 is 33.8 Å². The summed E-state index contributed by atoms with van der Waals surface area (Å²) in [6.45, 7) is 14.8. The molecular formula is C43H64N4O7. The van der Waals surface area contributed by atoms with Crippen LogP contribution in [-0.4, -0.2) is 94.6 Å². The first-order valence-electron chi connectivity index (χ1n) is 21.0. The maximum absolute atomic E-state index is 13.1. The third-order valence-corrected chi connectivity index (χ3v) is 15.8. The summed E-state index contributed by atoms with van der Waals surface area (Å²) in [7, 11) is 0. The maximum Gasteiger partial charge on any atom is 0.248 e. The molecule has 4 saturated carbocycles. The van der Waals surface area contributed by atoms with E-state index in [0.717, 1.165) is 38.5 Å². The van der Waals surface area contributed by atoms with Gasteiger partial charge in [0.2, 0.25) is 29.5 Å². The molecule has 6 fully saturated rings. The number of nitrogens with zero attached hydrogens (tertiary/aromatic N) is 3. The monoisotopic (exact) mass is 748 g/mol. The van der Waals surface area contributed by atoms with Gasteiger partial charge in [0.15, 0.2) is 0 Å². The fourth-order valence-corrected chi connectivity index (χ4v) is 12.8. The van der Waals surface area contributed by atoms with Crippen molar-refractivity contribution in [3.63, 3.8) is 0 Å². The second kappa shape index (κ2) is 15.4. The molecule has 3 heterocycles. The largest absolute Gasteiger partial charge is 0.445 e. The van der Waals surface area contributed by atoms with Gasteiger partial charge in [0, 0.05) is 51.5 Å². The third kappa shape index (κ3) is 7.05. The van der Waals surface area contributed by atoms with Crippen LogP contribution in [0.3, 0.4) is 0 Å². The molecule has 3 N–H and O–H groups in total. The van der Waals surface area contributed by atoms with E-state index in [4.69, 9.17) is 4.42 Å². The Morgan fingerprint density at radius 1 is 1.00 bits per heavy atom. The topological polar surface area (TPSA) is 144 Å². The fourth-order valence-electron chi connectivity index (χ4n) is 12.8. The Hall–Kier alpha value is -3.18. The first kappa shape index (κ1) is 39.1. The highest BCUT2D eigenvalue weighted by molar-refractivity contribution is 5.98. The molecule has 2 aliphatic heterocycles. The summed E-state index contributed by atoms with van der Waals surface area (Å²) in [5, 5.41) is 25.8. The average molecular weight is 749 g/mol. The lowest BCUT2D eigenvalue weighted by atomic mass is 9.41. The van der Waals surface area contributed by atoms with Gasteiger partial charge in [-0.2, -0.15) is 0 Å². The summed E-state index contributed by atoms with van der Waals surface area (Å²) >= 11 is 0. The van der Waals surface area contributed by atoms with Gasteiger partial charge in [-0.3, -0.25) is 24.1 Å². The number of carbonyl (C=O) groups is 4. The number of piperazine rings is 1. The number of carbonyl (C=O) groups excluding carboxylic acids is 4. The lowest BCUT2D eigenvalue weighted by molar-refractivity contribution is -0.203. The molecule has 11 atom stereocenters. The third-order valence-electron chi connectivity index (χ3n) is 15.8. The molecule has 0 radical (unpaired) electrons. The number of furan rings is 1. The minimum Gasteiger partial charge on any atom is -0.445 e. The van der Waals surface area contributed by atoms with E-state index in [1.165, 1.54) is 35.1 Å². The Kier molecular flexibility index (Phi) is 11.1. The number of fused-ring (bicyclic) bond motifs is 5. The van der Waals surface area contributed by atoms with Crippen LogP contribution in [0.2, 0.25) is 0 Å². The zero-order chi connectivity index (χ0) is 38.5. The molecule has 4 amide bonds. The number of amides is 4. The van der Waals surface area contributed by atoms with E-state index in [-0.39, 0.29) is 71.6 Å². The minimum absolute atomic E-state index is 0.0115. The summed E-state index contributed by atoms with van der Waals surface area (Å²) in [4.78, 5) is 55.2. The van der Waals surface area contributed by atoms with E-state index >= 15 is 0 Å². The fraction of sp³-hybridized carbons (Fsp3) is 0.767. The van der Waals surface area contributed by atoms with Crippen LogP contribution in [0.4, 0.5) is 5.88 Å². The molecule has 6 aliphatic rings. The maximum atomic E-state index is 13.1. The number of nitrogens with one attached hydrogen (secondary N) is 1. The van der Waals surface area contributed by atoms with Gasteiger partial charge in [-0.05, 0) is 116 Å². The molecule has 0 aromatic carbocycles. The molecule has 2 unspecified atom stereocenters. The second-order valence-corrected chi connectivity index (χ2v) is 18.5. The molecule has 11 heteroatoms. The zero-order valence-electron chi connectivity index (χ0n) is 33.0. The van der Waals surface area contributed by atoms with Gasteiger partial charge in [-0.1, -0.05) is 40.7 Å². The summed E-state index contributed by atoms with van der Waals surface area (Å²) in [5.74, 6) is 3.63. The van der Waals surface area contributed by atoms with Crippen LogP contribution < -0.4 is 10.2 Å². The van der Waals surface area contributed by atoms with Crippen LogP contribution in [0.15, 0.2) is 29.2 Å². The number of likely N-dealkylation sites (tertiary alicyclic amines) is 1. The number of anilines is 1. The Balaban J connectivity index is 0.841. The summed E-state index contributed by atoms with van der Waals surface area (Å²) < 4.78 is 5.89. The van der Waals surface area contributed by atoms with E-state index in [2.05, 4.69) is 39.6 Å². The van der Waals surface area contributed by atoms with Gasteiger partial charge in [-0.25, -0.2) is 0 Å². The van der Waals surface area contributed by atoms with Crippen LogP contribution >= 0.6 is 0 Å². The van der Waals surface area contributed by atoms with E-state index in [0.29, 0.717) is 86.2 Å². The molecule has 54 heavy (non-hydrogen) atoms. The smallest absolute Gasteiger partial charge is 0.248 e. The Bertz CT molecular complexity index is 1590. The van der Waals surface area contributed by atoms with Crippen LogP contribution in [0, 0.1) is 52.3 Å². The molecule has 1 aromatic rings. The van der Waals surface area contributed by atoms with E-state index in [9.17, 15) is 29.4 Å². The van der Waals surface area contributed by atoms with Gasteiger partial charge in [-0.15, -0.1) is 0 Å². The molecule has 0 bridgehead atoms. The van der Waals surface area contributed by atoms with Gasteiger partial charge in [0.1, 0.15) is 12.3 Å². The predicted molar refractivity (Wildman–Crippen MR) is 205 cm³/mol. The van der Waals surface area contributed by atoms with Crippen LogP contribution in [-0.2, 0) is 25.6 Å². The number of aliphatic hydroxyl groups excluding tert-OH is 2. The van der Waals surface area contributed by atoms with Crippen molar-refractivity contribution >= 4 is 29.5 Å². The summed E-state index contributed by atoms with van der Waals surface area (Å²) in [5.41, 5.74) is 0.382. The normalized spacial score (nSPS) is 37.1. The minimum atomic E-state index is -0.291. The van der Waals surface area contributed by atoms with Crippen molar-refractivity contribution in [2.24, 2.45) is 52.3 Å². The number of hydrogen-bond donors (Lipinski definition) is 3. The number of hydrogen-bond acceptors (Lipinski definition) is 7. The lowest BCUT2D eigenvalue weighted by Crippen LogP contribution is -2.62. The van der Waals surface area contributed by atoms with Crippen molar-refractivity contribution in [2.45, 2.75) is 123 Å². The molecule has 7 rings (SSSR count). The number of aryl methyl sites for hydroxylation is 1. The first-order chi connectivity index (χ1) is 25.8. The predicted octanol–water partition coefficient (Wildman–Crippen LogP) is 4.94. The quantitative estimate of drug-likeness (QED) is 0.272. The van der Waals surface area contributed by atoms with Crippen molar-refractivity contribution in [3.05, 3.63) is 30.5 Å². The van der Waals surface area contributed by atoms with Crippen LogP contribution in [0.25, 0.3) is 0 Å². The average Bonchev–Trinajstić information content (AvgIpc) is 3.75. The molecule has 11 nitrogen and oxygen atoms in total. The SMILES string of the molecule is C=CC(=O)N1CCN(c2ccc(CCC(=O)N3CC(NC(=O)CC[C@@H](C)[C@H]4CC[C@H]5[C@@H]6[C@H](O)C(CC)C7C[C@H](O)CC[C@]7(C)[C@H]6CC[C@]45C)C3)o2)C(=O)C1. The summed E-state index contributed by atoms with van der Waals surface area (Å²) in [6.07, 6.45) is 11.2. The van der Waals surface area contributed by atoms with E-state index < -0.39 is 0 Å². The Labute approximate surface area is 321 Å². The van der Waals surface area contributed by atoms with Crippen molar-refractivity contribution in [1.82, 2.24) is 15.1 Å². The standard InChI is InChI=1S/C43H64N4O7/c1-6-30-34-22-28(48)16-18-43(34,5)33-17-19-42(4)31(11-12-32(42)40(33)41(30)53)26(3)8-13-35(49)44-27-23-46(24-27)37(51)14-9-29-10-15-39(54-29)47-21-20-45(25-38(47)52)36(50)7-2/h7,10,15,26-28,30-34,40-41,48,53H,2,6,8-9,11-14,16-25H2,1,3-5H3,(H,44,49)/t26-,28-,30?,31-,32+,33+,34?,40+,41-,42-,43-/m1/s1. The van der Waals surface area contributed by atoms with Gasteiger partial charge in [0.05, 0.1) is 18.2 Å². The number of aliphatic hydroxyl groups is 2. The highest BCUT2D eigenvalue weighted by Gasteiger charge is 2.64. The van der Waals surface area contributed by atoms with Gasteiger partial charge in [0.25, 0.3) is 0 Å². The van der Waals surface area contributed by atoms with Gasteiger partial charge < -0.3 is 29.7 Å². The molecule has 1 aromatic heterocycles. The molecule has 0 spiro atoms. The molecule has 298 valence electrons. The molecular weight excluding hydrogens is 684 g/mol. The Morgan fingerprint density at radius 2 is 1.74 bits per heavy atom. The van der Waals surface area contributed by atoms with Crippen molar-refractivity contribution in [3.8, 4) is 0 Å². The summed E-state index contributed by atoms with van der Waals surface area (Å²) in [6, 6.07) is 3.49. The van der Waals surface area contributed by atoms with E-state index in [1.807, 2.05) is 0 Å². The molecule has 2 saturated heterocycles. The highest BCUT2D eigenvalue weighted by Crippen LogP contribution is 2.69. The Morgan fingerprint density at radius 3 is 2.46 bits per heavy atom. The van der Waals surface area contributed by atoms with Crippen molar-refractivity contribution in [1.29, 1.82) is 0 Å². The highest BCUT2D eigenvalue weighted by atomic mass is 16.4. The lowest BCUT2D eigenvalue weighted by Gasteiger charge is -2.64. The van der Waals surface area contributed by atoms with Crippen LogP contribution in [0.1, 0.15) is 104 Å². The molecule has 4 aliphatic carbocycles. The first-order valence-corrected chi connectivity index (χ1v) is 21.0.